The van der Waals surface area contributed by atoms with E-state index in [0.29, 0.717) is 59.0 Å². The fraction of sp³-hybridized carbons (Fsp3) is 0.218. The number of nitrogens with one attached hydrogen (secondary N) is 3. The third-order valence-electron chi connectivity index (χ3n) is 18.1. The molecule has 27 heteroatoms. The zero-order valence-corrected chi connectivity index (χ0v) is 61.9. The summed E-state index contributed by atoms with van der Waals surface area (Å²) in [6.07, 6.45) is 16.2. The minimum absolute atomic E-state index is 0. The first-order valence-corrected chi connectivity index (χ1v) is 35.2. The first kappa shape index (κ1) is 74.7. The van der Waals surface area contributed by atoms with E-state index in [-0.39, 0.29) is 78.7 Å². The van der Waals surface area contributed by atoms with Crippen LogP contribution in [-0.2, 0) is 9.47 Å². The summed E-state index contributed by atoms with van der Waals surface area (Å²) in [5.74, 6) is 1.25. The molecule has 9 aromatic heterocycles. The number of para-hydroxylation sites is 3. The molecule has 0 saturated carbocycles. The van der Waals surface area contributed by atoms with Crippen LogP contribution in [0.1, 0.15) is 114 Å². The van der Waals surface area contributed by atoms with Gasteiger partial charge in [0.25, 0.3) is 16.7 Å². The standard InChI is InChI=1S/C27H25ClN6O2.C23H18ClN5O.C17H15ClN2O.C10H11ClN4O.CH4.HI/c1-17(32-25-24-26(30-15-29-25)33(16-31-24)22-12-5-6-13-36-22)21-14-18-8-7-11-20(28)23(18)27(35)34(21)19-9-3-2-4-10-19;1-14(28-22-21-18(10-11-25-22)26-13-27-21)19-12-15-6-5-9-17(24)20(15)23(30)29(19)16-7-3-2-4-8-16;1-11(19)15-10-12-6-5-9-14(18)16(12)17(21)20(15)13-7-3-2-4-8-13;11-9-8-10(13-5-12-9)15(6-14-8)7-3-1-2-4-16-7;;/h2-4,7-11,14-17,22H,5-6,12-13H2,1H3,(H,29,30,32);2-14H,1H3,(H,25,28)(H,26,27);2-11H,19H2,1H3;5-7H,1-4H2;1H4;1H/t17-,22?;14-;11-;;;/m000.../s1. The number of anilines is 2. The minimum atomic E-state index is -0.282. The Morgan fingerprint density at radius 2 is 0.895 bits per heavy atom. The third-order valence-corrected chi connectivity index (χ3v) is 19.3. The summed E-state index contributed by atoms with van der Waals surface area (Å²) in [6, 6.07) is 52.1. The van der Waals surface area contributed by atoms with Gasteiger partial charge >= 0.3 is 0 Å². The molecule has 5 N–H and O–H groups in total. The molecule has 22 nitrogen and oxygen atoms in total. The summed E-state index contributed by atoms with van der Waals surface area (Å²) in [5.41, 5.74) is 14.7. The average Bonchev–Trinajstić information content (AvgIpc) is 1.66. The van der Waals surface area contributed by atoms with Crippen molar-refractivity contribution < 1.29 is 9.47 Å². The Morgan fingerprint density at radius 3 is 1.34 bits per heavy atom. The molecule has 0 radical (unpaired) electrons. The molecule has 0 spiro atoms. The van der Waals surface area contributed by atoms with E-state index in [1.807, 2.05) is 182 Å². The van der Waals surface area contributed by atoms with Gasteiger partial charge in [-0.2, -0.15) is 0 Å². The van der Waals surface area contributed by atoms with Crippen molar-refractivity contribution >= 4 is 148 Å². The van der Waals surface area contributed by atoms with Crippen LogP contribution in [0, 0.1) is 0 Å². The monoisotopic (exact) mass is 1600 g/mol. The molecular formula is C78H74Cl4IN17O5. The maximum Gasteiger partial charge on any atom is 0.264 e. The number of aromatic amines is 1. The van der Waals surface area contributed by atoms with E-state index in [2.05, 4.69) is 55.5 Å². The Labute approximate surface area is 640 Å². The first-order valence-electron chi connectivity index (χ1n) is 33.7. The Morgan fingerprint density at radius 1 is 0.476 bits per heavy atom. The zero-order chi connectivity index (χ0) is 71.3. The normalized spacial score (nSPS) is 15.1. The van der Waals surface area contributed by atoms with E-state index in [9.17, 15) is 14.4 Å². The number of ether oxygens (including phenoxy) is 2. The molecule has 105 heavy (non-hydrogen) atoms. The summed E-state index contributed by atoms with van der Waals surface area (Å²) in [7, 11) is 0. The first-order chi connectivity index (χ1) is 50.2. The second kappa shape index (κ2) is 33.4. The summed E-state index contributed by atoms with van der Waals surface area (Å²) < 4.78 is 20.6. The quantitative estimate of drug-likeness (QED) is 0.0654. The Kier molecular flexibility index (Phi) is 23.8. The lowest BCUT2D eigenvalue weighted by Crippen LogP contribution is -2.26. The number of hydrogen-bond donors (Lipinski definition) is 4. The summed E-state index contributed by atoms with van der Waals surface area (Å²) >= 11 is 25.0. The van der Waals surface area contributed by atoms with Crippen molar-refractivity contribution in [2.75, 3.05) is 23.8 Å². The molecular weight excluding hydrogens is 1520 g/mol. The van der Waals surface area contributed by atoms with Crippen LogP contribution < -0.4 is 33.0 Å². The van der Waals surface area contributed by atoms with Crippen LogP contribution in [0.4, 0.5) is 11.6 Å². The molecule has 15 aromatic rings. The van der Waals surface area contributed by atoms with E-state index in [0.717, 1.165) is 118 Å². The predicted octanol–water partition coefficient (Wildman–Crippen LogP) is 17.8. The van der Waals surface area contributed by atoms with Crippen LogP contribution >= 0.6 is 70.4 Å². The number of rotatable bonds is 12. The van der Waals surface area contributed by atoms with Gasteiger partial charge in [0.15, 0.2) is 33.6 Å². The van der Waals surface area contributed by atoms with Crippen molar-refractivity contribution in [3.63, 3.8) is 0 Å². The van der Waals surface area contributed by atoms with Gasteiger partial charge in [-0.05, 0) is 154 Å². The fourth-order valence-corrected chi connectivity index (χ4v) is 14.1. The number of pyridine rings is 4. The number of imidazole rings is 3. The van der Waals surface area contributed by atoms with E-state index >= 15 is 0 Å². The van der Waals surface area contributed by atoms with Crippen molar-refractivity contribution in [3.05, 3.63) is 276 Å². The molecule has 17 rings (SSSR count). The molecule has 0 bridgehead atoms. The molecule has 2 aliphatic heterocycles. The van der Waals surface area contributed by atoms with Crippen LogP contribution in [0.25, 0.3) is 82.7 Å². The molecule has 536 valence electrons. The average molecular weight is 1600 g/mol. The number of halogens is 5. The molecule has 0 aliphatic carbocycles. The van der Waals surface area contributed by atoms with Gasteiger partial charge in [-0.3, -0.25) is 37.2 Å². The van der Waals surface area contributed by atoms with Gasteiger partial charge in [0, 0.05) is 59.6 Å². The Bertz CT molecular complexity index is 5750. The molecule has 5 atom stereocenters. The van der Waals surface area contributed by atoms with E-state index in [1.54, 1.807) is 57.1 Å². The second-order valence-electron chi connectivity index (χ2n) is 24.9. The van der Waals surface area contributed by atoms with Crippen LogP contribution in [0.5, 0.6) is 0 Å². The van der Waals surface area contributed by atoms with Crippen molar-refractivity contribution in [3.8, 4) is 17.1 Å². The number of hydrogen-bond acceptors (Lipinski definition) is 16. The van der Waals surface area contributed by atoms with Gasteiger partial charge in [0.05, 0.1) is 67.8 Å². The highest BCUT2D eigenvalue weighted by Gasteiger charge is 2.26. The number of aromatic nitrogens is 14. The number of nitrogens with zero attached hydrogens (tertiary/aromatic N) is 13. The summed E-state index contributed by atoms with van der Waals surface area (Å²) in [6.45, 7) is 7.39. The maximum absolute atomic E-state index is 13.7. The summed E-state index contributed by atoms with van der Waals surface area (Å²) in [5, 5.41) is 12.5. The SMILES string of the molecule is C.C[C@H](N)c1cc2cccc(Cl)c2c(=O)n1-c1ccccc1.C[C@H](Nc1nccc2[nH]cnc12)c1cc2cccc(Cl)c2c(=O)n1-c1ccccc1.C[C@H](Nc1ncnc2c1ncn2C1CCCCO1)c1cc2cccc(Cl)c2c(=O)n1-c1ccccc1.Clc1ncnc2c1ncn2C1CCCCO1.I. The zero-order valence-electron chi connectivity index (χ0n) is 56.5. The van der Waals surface area contributed by atoms with Crippen LogP contribution in [0.15, 0.2) is 222 Å². The Balaban J connectivity index is 0.000000136. The van der Waals surface area contributed by atoms with E-state index < -0.39 is 0 Å². The number of H-pyrrole nitrogens is 1. The largest absolute Gasteiger partial charge is 0.360 e. The molecule has 0 amide bonds. The van der Waals surface area contributed by atoms with Crippen LogP contribution in [0.3, 0.4) is 0 Å². The van der Waals surface area contributed by atoms with Gasteiger partial charge in [-0.1, -0.05) is 145 Å². The van der Waals surface area contributed by atoms with Gasteiger partial charge < -0.3 is 30.8 Å². The lowest BCUT2D eigenvalue weighted by atomic mass is 10.1. The highest BCUT2D eigenvalue weighted by molar-refractivity contribution is 14.0. The van der Waals surface area contributed by atoms with Gasteiger partial charge in [-0.15, -0.1) is 24.0 Å². The van der Waals surface area contributed by atoms with Crippen LogP contribution in [-0.4, -0.2) is 80.9 Å². The lowest BCUT2D eigenvalue weighted by Gasteiger charge is -2.24. The molecule has 2 saturated heterocycles. The minimum Gasteiger partial charge on any atom is -0.360 e. The van der Waals surface area contributed by atoms with E-state index in [1.165, 1.54) is 19.1 Å². The second-order valence-corrected chi connectivity index (χ2v) is 26.5. The van der Waals surface area contributed by atoms with E-state index in [4.69, 9.17) is 61.6 Å². The Hall–Kier alpha value is -9.96. The lowest BCUT2D eigenvalue weighted by molar-refractivity contribution is -0.0299. The maximum atomic E-state index is 13.7. The number of fused-ring (bicyclic) bond motifs is 6. The van der Waals surface area contributed by atoms with Crippen LogP contribution in [0.2, 0.25) is 20.2 Å². The molecule has 2 unspecified atom stereocenters. The smallest absolute Gasteiger partial charge is 0.264 e. The fourth-order valence-electron chi connectivity index (χ4n) is 13.1. The number of benzene rings is 6. The van der Waals surface area contributed by atoms with Gasteiger partial charge in [0.1, 0.15) is 36.1 Å². The molecule has 6 aromatic carbocycles. The molecule has 2 aliphatic rings. The predicted molar refractivity (Wildman–Crippen MR) is 430 cm³/mol. The third kappa shape index (κ3) is 15.6. The highest BCUT2D eigenvalue weighted by atomic mass is 127. The van der Waals surface area contributed by atoms with Crippen molar-refractivity contribution in [2.45, 2.75) is 97.3 Å². The van der Waals surface area contributed by atoms with Crippen molar-refractivity contribution in [1.82, 2.24) is 67.7 Å². The highest BCUT2D eigenvalue weighted by Crippen LogP contribution is 2.34. The molecule has 11 heterocycles. The topological polar surface area (TPSA) is 263 Å². The number of nitrogens with two attached hydrogens (primary N) is 1. The molecule has 2 fully saturated rings. The summed E-state index contributed by atoms with van der Waals surface area (Å²) in [4.78, 5) is 77.9. The van der Waals surface area contributed by atoms with Gasteiger partial charge in [0.2, 0.25) is 0 Å². The van der Waals surface area contributed by atoms with Crippen molar-refractivity contribution in [2.24, 2.45) is 5.73 Å². The van der Waals surface area contributed by atoms with Crippen molar-refractivity contribution in [1.29, 1.82) is 0 Å². The van der Waals surface area contributed by atoms with Gasteiger partial charge in [-0.25, -0.2) is 39.9 Å².